The van der Waals surface area contributed by atoms with Crippen molar-refractivity contribution in [3.8, 4) is 17.0 Å². The zero-order valence-electron chi connectivity index (χ0n) is 20.2. The Morgan fingerprint density at radius 3 is 2.89 bits per heavy atom. The summed E-state index contributed by atoms with van der Waals surface area (Å²) >= 11 is 0. The summed E-state index contributed by atoms with van der Waals surface area (Å²) in [5.41, 5.74) is 2.64. The Balaban J connectivity index is 1.16. The number of carbonyl (C=O) groups excluding carboxylic acids is 2. The van der Waals surface area contributed by atoms with Crippen molar-refractivity contribution in [3.63, 3.8) is 0 Å². The van der Waals surface area contributed by atoms with Crippen molar-refractivity contribution in [2.24, 2.45) is 18.4 Å². The molecule has 6 rings (SSSR count). The number of hydrogen-bond acceptors (Lipinski definition) is 6. The number of fused-ring (bicyclic) bond motifs is 2. The van der Waals surface area contributed by atoms with Gasteiger partial charge in [0.1, 0.15) is 17.9 Å². The number of nitrogens with one attached hydrogen (secondary N) is 1. The van der Waals surface area contributed by atoms with Gasteiger partial charge in [-0.2, -0.15) is 10.2 Å². The van der Waals surface area contributed by atoms with Crippen molar-refractivity contribution in [3.05, 3.63) is 60.6 Å². The third-order valence-corrected chi connectivity index (χ3v) is 7.63. The lowest BCUT2D eigenvalue weighted by atomic mass is 9.61. The highest BCUT2D eigenvalue weighted by molar-refractivity contribution is 5.97. The van der Waals surface area contributed by atoms with E-state index >= 15 is 0 Å². The Hall–Kier alpha value is -4.21. The molecule has 0 radical (unpaired) electrons. The molecule has 10 nitrogen and oxygen atoms in total. The molecule has 10 heteroatoms. The molecule has 184 valence electrons. The maximum atomic E-state index is 13.5. The number of pyridine rings is 1. The first-order valence-corrected chi connectivity index (χ1v) is 12.0. The van der Waals surface area contributed by atoms with Crippen LogP contribution >= 0.6 is 0 Å². The van der Waals surface area contributed by atoms with Gasteiger partial charge >= 0.3 is 0 Å². The molecule has 1 aliphatic heterocycles. The highest BCUT2D eigenvalue weighted by Gasteiger charge is 2.58. The van der Waals surface area contributed by atoms with E-state index in [-0.39, 0.29) is 24.2 Å². The lowest BCUT2D eigenvalue weighted by Crippen LogP contribution is -2.49. The van der Waals surface area contributed by atoms with Crippen molar-refractivity contribution in [1.82, 2.24) is 29.3 Å². The number of rotatable bonds is 6. The molecule has 2 amide bonds. The van der Waals surface area contributed by atoms with Gasteiger partial charge in [0.25, 0.3) is 0 Å². The molecule has 1 aliphatic carbocycles. The second-order valence-corrected chi connectivity index (χ2v) is 9.64. The van der Waals surface area contributed by atoms with E-state index in [1.165, 1.54) is 6.33 Å². The smallest absolute Gasteiger partial charge is 0.233 e. The van der Waals surface area contributed by atoms with Gasteiger partial charge < -0.3 is 15.0 Å². The van der Waals surface area contributed by atoms with E-state index in [4.69, 9.17) is 4.74 Å². The summed E-state index contributed by atoms with van der Waals surface area (Å²) in [6, 6.07) is 13.3. The summed E-state index contributed by atoms with van der Waals surface area (Å²) in [4.78, 5) is 32.6. The standard InChI is InChI=1S/C26H27N7O3/c1-31-23(12-20(30-31)19-5-3-4-6-21(19)36-2)29-25(35)26-10-9-18(26)14-32(15-26)24(34)11-17-7-8-22-27-16-28-33(22)13-17/h3-8,12-13,16,18H,9-11,14-15H2,1-2H3,(H,29,35). The molecule has 2 unspecified atom stereocenters. The second-order valence-electron chi connectivity index (χ2n) is 9.64. The Morgan fingerprint density at radius 2 is 2.08 bits per heavy atom. The van der Waals surface area contributed by atoms with E-state index in [1.54, 1.807) is 23.4 Å². The number of likely N-dealkylation sites (tertiary alicyclic amines) is 1. The maximum Gasteiger partial charge on any atom is 0.233 e. The predicted molar refractivity (Wildman–Crippen MR) is 132 cm³/mol. The summed E-state index contributed by atoms with van der Waals surface area (Å²) in [7, 11) is 3.43. The van der Waals surface area contributed by atoms with Gasteiger partial charge in [-0.05, 0) is 42.5 Å². The molecule has 3 aromatic heterocycles. The Morgan fingerprint density at radius 1 is 1.22 bits per heavy atom. The highest BCUT2D eigenvalue weighted by atomic mass is 16.5. The number of hydrogen-bond donors (Lipinski definition) is 1. The largest absolute Gasteiger partial charge is 0.496 e. The molecule has 1 aromatic carbocycles. The lowest BCUT2D eigenvalue weighted by Gasteiger charge is -2.41. The van der Waals surface area contributed by atoms with Crippen molar-refractivity contribution in [1.29, 1.82) is 0 Å². The van der Waals surface area contributed by atoms with Gasteiger partial charge in [-0.3, -0.25) is 14.3 Å². The fourth-order valence-corrected chi connectivity index (χ4v) is 5.47. The van der Waals surface area contributed by atoms with Gasteiger partial charge in [0, 0.05) is 38.0 Å². The fourth-order valence-electron chi connectivity index (χ4n) is 5.47. The molecule has 1 saturated carbocycles. The molecule has 4 aromatic rings. The predicted octanol–water partition coefficient (Wildman–Crippen LogP) is 2.56. The minimum absolute atomic E-state index is 0.0232. The normalized spacial score (nSPS) is 20.7. The molecule has 1 N–H and O–H groups in total. The number of carbonyl (C=O) groups is 2. The summed E-state index contributed by atoms with van der Waals surface area (Å²) in [6.45, 7) is 1.04. The van der Waals surface area contributed by atoms with Crippen LogP contribution in [0.1, 0.15) is 18.4 Å². The van der Waals surface area contributed by atoms with Crippen LogP contribution in [-0.2, 0) is 23.1 Å². The molecule has 4 heterocycles. The van der Waals surface area contributed by atoms with Crippen LogP contribution in [0, 0.1) is 11.3 Å². The Kier molecular flexibility index (Phi) is 5.24. The molecule has 0 bridgehead atoms. The summed E-state index contributed by atoms with van der Waals surface area (Å²) in [5, 5.41) is 11.8. The second kappa shape index (κ2) is 8.47. The Labute approximate surface area is 207 Å². The van der Waals surface area contributed by atoms with Crippen LogP contribution in [-0.4, -0.2) is 61.3 Å². The van der Waals surface area contributed by atoms with Crippen molar-refractivity contribution in [2.75, 3.05) is 25.5 Å². The quantitative estimate of drug-likeness (QED) is 0.450. The van der Waals surface area contributed by atoms with Gasteiger partial charge in [0.2, 0.25) is 11.8 Å². The van der Waals surface area contributed by atoms with E-state index in [0.29, 0.717) is 18.9 Å². The van der Waals surface area contributed by atoms with Gasteiger partial charge in [0.05, 0.1) is 24.6 Å². The minimum Gasteiger partial charge on any atom is -0.496 e. The molecule has 1 saturated heterocycles. The first-order valence-electron chi connectivity index (χ1n) is 12.0. The van der Waals surface area contributed by atoms with Crippen LogP contribution < -0.4 is 10.1 Å². The number of benzene rings is 1. The average molecular weight is 486 g/mol. The van der Waals surface area contributed by atoms with E-state index in [1.807, 2.05) is 53.6 Å². The first-order chi connectivity index (χ1) is 17.5. The third-order valence-electron chi connectivity index (χ3n) is 7.63. The third kappa shape index (κ3) is 3.60. The van der Waals surface area contributed by atoms with Crippen LogP contribution in [0.5, 0.6) is 5.75 Å². The molecule has 2 fully saturated rings. The van der Waals surface area contributed by atoms with E-state index in [2.05, 4.69) is 20.5 Å². The molecular weight excluding hydrogens is 458 g/mol. The first kappa shape index (κ1) is 22.3. The van der Waals surface area contributed by atoms with Gasteiger partial charge in [-0.15, -0.1) is 0 Å². The van der Waals surface area contributed by atoms with Gasteiger partial charge in [-0.25, -0.2) is 9.50 Å². The van der Waals surface area contributed by atoms with Crippen LogP contribution in [0.15, 0.2) is 55.0 Å². The summed E-state index contributed by atoms with van der Waals surface area (Å²) in [6.07, 6.45) is 5.30. The lowest BCUT2D eigenvalue weighted by molar-refractivity contribution is -0.133. The van der Waals surface area contributed by atoms with Crippen molar-refractivity contribution in [2.45, 2.75) is 19.3 Å². The monoisotopic (exact) mass is 485 g/mol. The minimum atomic E-state index is -0.555. The number of aryl methyl sites for hydroxylation is 1. The highest BCUT2D eigenvalue weighted by Crippen LogP contribution is 2.52. The fraction of sp³-hybridized carbons (Fsp3) is 0.346. The Bertz CT molecular complexity index is 1480. The molecule has 36 heavy (non-hydrogen) atoms. The number of para-hydroxylation sites is 1. The van der Waals surface area contributed by atoms with Gasteiger partial charge in [0.15, 0.2) is 5.65 Å². The zero-order valence-corrected chi connectivity index (χ0v) is 20.2. The number of ether oxygens (including phenoxy) is 1. The van der Waals surface area contributed by atoms with Crippen LogP contribution in [0.4, 0.5) is 5.82 Å². The van der Waals surface area contributed by atoms with Crippen LogP contribution in [0.25, 0.3) is 16.9 Å². The van der Waals surface area contributed by atoms with Crippen molar-refractivity contribution < 1.29 is 14.3 Å². The number of aromatic nitrogens is 5. The van der Waals surface area contributed by atoms with E-state index in [9.17, 15) is 9.59 Å². The van der Waals surface area contributed by atoms with Gasteiger partial charge in [-0.1, -0.05) is 18.2 Å². The molecule has 2 aliphatic rings. The molecule has 0 spiro atoms. The number of nitrogens with zero attached hydrogens (tertiary/aromatic N) is 6. The number of methoxy groups -OCH3 is 1. The maximum absolute atomic E-state index is 13.5. The van der Waals surface area contributed by atoms with Crippen LogP contribution in [0.2, 0.25) is 0 Å². The topological polar surface area (TPSA) is 107 Å². The van der Waals surface area contributed by atoms with Crippen LogP contribution in [0.3, 0.4) is 0 Å². The molecule has 2 atom stereocenters. The molecular formula is C26H27N7O3. The van der Waals surface area contributed by atoms with Crippen molar-refractivity contribution >= 4 is 23.3 Å². The SMILES string of the molecule is COc1ccccc1-c1cc(NC(=O)C23CCC2CN(C(=O)Cc2ccc4ncnn4c2)C3)n(C)n1. The number of anilines is 1. The number of amides is 2. The van der Waals surface area contributed by atoms with E-state index < -0.39 is 5.41 Å². The zero-order chi connectivity index (χ0) is 24.9. The summed E-state index contributed by atoms with van der Waals surface area (Å²) in [5.74, 6) is 1.48. The average Bonchev–Trinajstić information content (AvgIpc) is 3.55. The summed E-state index contributed by atoms with van der Waals surface area (Å²) < 4.78 is 8.80. The van der Waals surface area contributed by atoms with E-state index in [0.717, 1.165) is 41.1 Å².